The van der Waals surface area contributed by atoms with E-state index in [1.54, 1.807) is 0 Å². The number of rotatable bonds is 3. The van der Waals surface area contributed by atoms with Crippen LogP contribution in [0.3, 0.4) is 0 Å². The van der Waals surface area contributed by atoms with Crippen LogP contribution in [0.1, 0.15) is 26.2 Å². The summed E-state index contributed by atoms with van der Waals surface area (Å²) in [5.74, 6) is -0.323. The van der Waals surface area contributed by atoms with Gasteiger partial charge in [-0.15, -0.1) is 0 Å². The quantitative estimate of drug-likeness (QED) is 0.379. The first kappa shape index (κ1) is 10.0. The molecule has 0 fully saturated rings. The molecule has 1 unspecified atom stereocenters. The standard InChI is InChI=1S/C11H16O2/c1-3-10(12)13-9-11(2)7-5-4-6-8-11/h3-5H,1,6-9H2,2H3. The predicted molar refractivity (Wildman–Crippen MR) is 52.3 cm³/mol. The van der Waals surface area contributed by atoms with Gasteiger partial charge in [0.15, 0.2) is 0 Å². The van der Waals surface area contributed by atoms with Crippen LogP contribution in [0, 0.1) is 5.41 Å². The topological polar surface area (TPSA) is 26.3 Å². The van der Waals surface area contributed by atoms with Crippen molar-refractivity contribution in [2.45, 2.75) is 26.2 Å². The highest BCUT2D eigenvalue weighted by Crippen LogP contribution is 2.32. The molecule has 0 spiro atoms. The van der Waals surface area contributed by atoms with Gasteiger partial charge in [0.25, 0.3) is 0 Å². The monoisotopic (exact) mass is 180 g/mol. The van der Waals surface area contributed by atoms with Gasteiger partial charge in [-0.25, -0.2) is 4.79 Å². The van der Waals surface area contributed by atoms with E-state index in [1.807, 2.05) is 0 Å². The normalized spacial score (nSPS) is 26.8. The van der Waals surface area contributed by atoms with Gasteiger partial charge in [-0.1, -0.05) is 25.7 Å². The first-order chi connectivity index (χ1) is 6.16. The van der Waals surface area contributed by atoms with E-state index in [2.05, 4.69) is 25.7 Å². The first-order valence-corrected chi connectivity index (χ1v) is 4.60. The minimum absolute atomic E-state index is 0.132. The lowest BCUT2D eigenvalue weighted by molar-refractivity contribution is -0.141. The van der Waals surface area contributed by atoms with Crippen LogP contribution in [-0.2, 0) is 9.53 Å². The number of ether oxygens (including phenoxy) is 1. The zero-order chi connectivity index (χ0) is 9.73. The fourth-order valence-electron chi connectivity index (χ4n) is 1.45. The van der Waals surface area contributed by atoms with E-state index in [4.69, 9.17) is 4.74 Å². The molecule has 0 saturated heterocycles. The molecular weight excluding hydrogens is 164 g/mol. The van der Waals surface area contributed by atoms with Gasteiger partial charge < -0.3 is 4.74 Å². The van der Waals surface area contributed by atoms with Crippen molar-refractivity contribution < 1.29 is 9.53 Å². The lowest BCUT2D eigenvalue weighted by atomic mass is 9.80. The second-order valence-electron chi connectivity index (χ2n) is 3.84. The second-order valence-corrected chi connectivity index (χ2v) is 3.84. The summed E-state index contributed by atoms with van der Waals surface area (Å²) in [4.78, 5) is 10.8. The summed E-state index contributed by atoms with van der Waals surface area (Å²) in [6, 6.07) is 0. The fraction of sp³-hybridized carbons (Fsp3) is 0.545. The van der Waals surface area contributed by atoms with Crippen LogP contribution in [0.25, 0.3) is 0 Å². The van der Waals surface area contributed by atoms with Crippen molar-refractivity contribution in [3.05, 3.63) is 24.8 Å². The molecule has 0 N–H and O–H groups in total. The molecule has 2 heteroatoms. The Morgan fingerprint density at radius 2 is 2.46 bits per heavy atom. The van der Waals surface area contributed by atoms with Crippen LogP contribution in [-0.4, -0.2) is 12.6 Å². The van der Waals surface area contributed by atoms with Gasteiger partial charge in [0.1, 0.15) is 0 Å². The highest BCUT2D eigenvalue weighted by atomic mass is 16.5. The van der Waals surface area contributed by atoms with Gasteiger partial charge in [-0.2, -0.15) is 0 Å². The lowest BCUT2D eigenvalue weighted by Crippen LogP contribution is -2.25. The van der Waals surface area contributed by atoms with Crippen LogP contribution in [0.4, 0.5) is 0 Å². The van der Waals surface area contributed by atoms with Gasteiger partial charge in [0.05, 0.1) is 6.61 Å². The van der Waals surface area contributed by atoms with Crippen molar-refractivity contribution in [2.24, 2.45) is 5.41 Å². The van der Waals surface area contributed by atoms with E-state index < -0.39 is 0 Å². The van der Waals surface area contributed by atoms with Crippen molar-refractivity contribution in [3.8, 4) is 0 Å². The average Bonchev–Trinajstić information content (AvgIpc) is 2.15. The molecular formula is C11H16O2. The Hall–Kier alpha value is -1.05. The van der Waals surface area contributed by atoms with Crippen LogP contribution in [0.2, 0.25) is 0 Å². The molecule has 1 rings (SSSR count). The third-order valence-corrected chi connectivity index (χ3v) is 2.42. The maximum atomic E-state index is 10.8. The minimum atomic E-state index is -0.323. The zero-order valence-corrected chi connectivity index (χ0v) is 8.08. The minimum Gasteiger partial charge on any atom is -0.462 e. The van der Waals surface area contributed by atoms with E-state index in [9.17, 15) is 4.79 Å². The van der Waals surface area contributed by atoms with E-state index in [0.717, 1.165) is 19.3 Å². The lowest BCUT2D eigenvalue weighted by Gasteiger charge is -2.29. The molecule has 0 heterocycles. The summed E-state index contributed by atoms with van der Waals surface area (Å²) in [6.45, 7) is 6.01. The third-order valence-electron chi connectivity index (χ3n) is 2.42. The first-order valence-electron chi connectivity index (χ1n) is 4.60. The molecule has 0 amide bonds. The maximum absolute atomic E-state index is 10.8. The van der Waals surface area contributed by atoms with Gasteiger partial charge in [0.2, 0.25) is 0 Å². The highest BCUT2D eigenvalue weighted by molar-refractivity contribution is 5.81. The summed E-state index contributed by atoms with van der Waals surface area (Å²) in [6.07, 6.45) is 8.72. The van der Waals surface area contributed by atoms with Gasteiger partial charge in [-0.05, 0) is 19.3 Å². The smallest absolute Gasteiger partial charge is 0.330 e. The molecule has 0 saturated carbocycles. The van der Waals surface area contributed by atoms with Crippen molar-refractivity contribution in [3.63, 3.8) is 0 Å². The number of hydrogen-bond donors (Lipinski definition) is 0. The summed E-state index contributed by atoms with van der Waals surface area (Å²) in [7, 11) is 0. The third kappa shape index (κ3) is 3.05. The van der Waals surface area contributed by atoms with Crippen molar-refractivity contribution in [1.29, 1.82) is 0 Å². The summed E-state index contributed by atoms with van der Waals surface area (Å²) < 4.78 is 5.04. The molecule has 0 bridgehead atoms. The van der Waals surface area contributed by atoms with E-state index in [-0.39, 0.29) is 11.4 Å². The number of allylic oxidation sites excluding steroid dienone is 2. The molecule has 2 nitrogen and oxygen atoms in total. The Labute approximate surface area is 79.3 Å². The molecule has 1 aliphatic carbocycles. The largest absolute Gasteiger partial charge is 0.462 e. The van der Waals surface area contributed by atoms with Gasteiger partial charge in [-0.3, -0.25) is 0 Å². The average molecular weight is 180 g/mol. The second kappa shape index (κ2) is 4.26. The molecule has 0 aromatic carbocycles. The van der Waals surface area contributed by atoms with E-state index >= 15 is 0 Å². The summed E-state index contributed by atoms with van der Waals surface area (Å²) >= 11 is 0. The van der Waals surface area contributed by atoms with Crippen LogP contribution in [0.5, 0.6) is 0 Å². The molecule has 1 atom stereocenters. The predicted octanol–water partition coefficient (Wildman–Crippen LogP) is 2.46. The molecule has 0 aromatic rings. The van der Waals surface area contributed by atoms with Crippen LogP contribution >= 0.6 is 0 Å². The summed E-state index contributed by atoms with van der Waals surface area (Å²) in [5.41, 5.74) is 0.132. The van der Waals surface area contributed by atoms with Crippen LogP contribution < -0.4 is 0 Å². The van der Waals surface area contributed by atoms with Crippen molar-refractivity contribution in [2.75, 3.05) is 6.61 Å². The molecule has 72 valence electrons. The molecule has 13 heavy (non-hydrogen) atoms. The Morgan fingerprint density at radius 3 is 3.00 bits per heavy atom. The molecule has 0 aromatic heterocycles. The van der Waals surface area contributed by atoms with Gasteiger partial charge >= 0.3 is 5.97 Å². The van der Waals surface area contributed by atoms with Crippen molar-refractivity contribution >= 4 is 5.97 Å². The number of carbonyl (C=O) groups is 1. The van der Waals surface area contributed by atoms with Crippen molar-refractivity contribution in [1.82, 2.24) is 0 Å². The van der Waals surface area contributed by atoms with E-state index in [0.29, 0.717) is 6.61 Å². The number of esters is 1. The molecule has 0 radical (unpaired) electrons. The van der Waals surface area contributed by atoms with E-state index in [1.165, 1.54) is 6.08 Å². The number of hydrogen-bond acceptors (Lipinski definition) is 2. The fourth-order valence-corrected chi connectivity index (χ4v) is 1.45. The number of carbonyl (C=O) groups excluding carboxylic acids is 1. The SMILES string of the molecule is C=CC(=O)OCC1(C)CC=CCC1. The Bertz CT molecular complexity index is 230. The van der Waals surface area contributed by atoms with Gasteiger partial charge in [0, 0.05) is 11.5 Å². The van der Waals surface area contributed by atoms with Crippen LogP contribution in [0.15, 0.2) is 24.8 Å². The molecule has 1 aliphatic rings. The zero-order valence-electron chi connectivity index (χ0n) is 8.08. The Morgan fingerprint density at radius 1 is 1.69 bits per heavy atom. The Kier molecular flexibility index (Phi) is 3.29. The molecule has 0 aliphatic heterocycles. The highest BCUT2D eigenvalue weighted by Gasteiger charge is 2.25. The maximum Gasteiger partial charge on any atom is 0.330 e. The Balaban J connectivity index is 2.38. The summed E-state index contributed by atoms with van der Waals surface area (Å²) in [5, 5.41) is 0.